The van der Waals surface area contributed by atoms with E-state index in [0.29, 0.717) is 17.7 Å². The lowest BCUT2D eigenvalue weighted by Gasteiger charge is -2.27. The lowest BCUT2D eigenvalue weighted by molar-refractivity contribution is 0.175. The van der Waals surface area contributed by atoms with Crippen molar-refractivity contribution in [2.24, 2.45) is 0 Å². The molecule has 1 N–H and O–H groups in total. The van der Waals surface area contributed by atoms with Crippen molar-refractivity contribution in [3.63, 3.8) is 0 Å². The Balaban J connectivity index is 1.81. The van der Waals surface area contributed by atoms with Gasteiger partial charge < -0.3 is 14.4 Å². The molecule has 6 heteroatoms. The van der Waals surface area contributed by atoms with Gasteiger partial charge in [0.2, 0.25) is 0 Å². The highest BCUT2D eigenvalue weighted by atomic mass is 16.5. The van der Waals surface area contributed by atoms with Gasteiger partial charge in [-0.1, -0.05) is 18.2 Å². The Labute approximate surface area is 168 Å². The Kier molecular flexibility index (Phi) is 4.17. The molecule has 6 nitrogen and oxygen atoms in total. The maximum atomic E-state index is 13.3. The average Bonchev–Trinajstić information content (AvgIpc) is 3.08. The highest BCUT2D eigenvalue weighted by Gasteiger charge is 2.31. The molecule has 1 aromatic carbocycles. The predicted molar refractivity (Wildman–Crippen MR) is 112 cm³/mol. The zero-order valence-electron chi connectivity index (χ0n) is 16.6. The third-order valence-corrected chi connectivity index (χ3v) is 6.01. The fourth-order valence-corrected chi connectivity index (χ4v) is 4.71. The predicted octanol–water partition coefficient (Wildman–Crippen LogP) is 2.74. The minimum Gasteiger partial charge on any atom is -0.384 e. The van der Waals surface area contributed by atoms with Crippen LogP contribution in [0.5, 0.6) is 0 Å². The maximum absolute atomic E-state index is 13.3. The van der Waals surface area contributed by atoms with Gasteiger partial charge in [0.25, 0.3) is 5.56 Å². The van der Waals surface area contributed by atoms with Crippen molar-refractivity contribution in [3.05, 3.63) is 75.1 Å². The number of aliphatic hydroxyl groups is 1. The number of benzene rings is 1. The van der Waals surface area contributed by atoms with E-state index in [1.807, 2.05) is 18.2 Å². The highest BCUT2D eigenvalue weighted by molar-refractivity contribution is 5.91. The summed E-state index contributed by atoms with van der Waals surface area (Å²) in [6, 6.07) is 8.10. The first-order valence-corrected chi connectivity index (χ1v) is 9.72. The number of hydrogen-bond donors (Lipinski definition) is 1. The van der Waals surface area contributed by atoms with E-state index < -0.39 is 6.10 Å². The first-order chi connectivity index (χ1) is 14.0. The van der Waals surface area contributed by atoms with Crippen LogP contribution in [0, 0.1) is 0 Å². The molecule has 2 aliphatic heterocycles. The molecule has 2 aliphatic rings. The molecule has 0 saturated carbocycles. The Hall–Kier alpha value is -2.80. The Bertz CT molecular complexity index is 1230. The van der Waals surface area contributed by atoms with E-state index in [-0.39, 0.29) is 12.2 Å². The van der Waals surface area contributed by atoms with Crippen LogP contribution in [0.15, 0.2) is 41.7 Å². The quantitative estimate of drug-likeness (QED) is 0.544. The second kappa shape index (κ2) is 6.62. The van der Waals surface area contributed by atoms with Crippen LogP contribution in [0.1, 0.15) is 33.9 Å². The monoisotopic (exact) mass is 389 g/mol. The second-order valence-electron chi connectivity index (χ2n) is 7.87. The van der Waals surface area contributed by atoms with E-state index in [2.05, 4.69) is 24.6 Å². The first-order valence-electron chi connectivity index (χ1n) is 9.72. The van der Waals surface area contributed by atoms with Gasteiger partial charge in [-0.3, -0.25) is 9.69 Å². The van der Waals surface area contributed by atoms with Gasteiger partial charge in [-0.2, -0.15) is 0 Å². The number of rotatable bonds is 4. The van der Waals surface area contributed by atoms with E-state index in [9.17, 15) is 9.90 Å². The molecular formula is C23H23N3O3. The van der Waals surface area contributed by atoms with Crippen LogP contribution in [-0.2, 0) is 31.0 Å². The van der Waals surface area contributed by atoms with Gasteiger partial charge in [0.05, 0.1) is 36.2 Å². The van der Waals surface area contributed by atoms with Gasteiger partial charge in [-0.05, 0) is 35.9 Å². The number of nitrogens with zero attached hydrogens (tertiary/aromatic N) is 3. The van der Waals surface area contributed by atoms with Crippen LogP contribution in [-0.4, -0.2) is 33.7 Å². The lowest BCUT2D eigenvalue weighted by atomic mass is 9.93. The van der Waals surface area contributed by atoms with Crippen LogP contribution < -0.4 is 5.56 Å². The summed E-state index contributed by atoms with van der Waals surface area (Å²) in [5.74, 6) is 0. The molecule has 0 aliphatic carbocycles. The Morgan fingerprint density at radius 2 is 2.14 bits per heavy atom. The van der Waals surface area contributed by atoms with Gasteiger partial charge in [0.1, 0.15) is 0 Å². The van der Waals surface area contributed by atoms with Crippen LogP contribution in [0.2, 0.25) is 0 Å². The summed E-state index contributed by atoms with van der Waals surface area (Å²) in [5.41, 5.74) is 7.01. The topological polar surface area (TPSA) is 67.6 Å². The molecule has 4 heterocycles. The minimum atomic E-state index is -0.931. The standard InChI is InChI=1S/C23H23N3O3/c1-4-20(27)14-8-19-22-16(11-26(19)23(28)17(14)12-29-3)15-10-25(2)9-13-6-5-7-18(24-22)21(13)15/h4-8,20,27H,1,9-12H2,2-3H3. The number of aliphatic hydroxyl groups excluding tert-OH is 1. The van der Waals surface area contributed by atoms with Gasteiger partial charge in [-0.15, -0.1) is 6.58 Å². The van der Waals surface area contributed by atoms with Crippen molar-refractivity contribution < 1.29 is 9.84 Å². The van der Waals surface area contributed by atoms with E-state index in [1.54, 1.807) is 11.7 Å². The molecule has 148 valence electrons. The fourth-order valence-electron chi connectivity index (χ4n) is 4.71. The van der Waals surface area contributed by atoms with Crippen molar-refractivity contribution in [1.29, 1.82) is 0 Å². The summed E-state index contributed by atoms with van der Waals surface area (Å²) in [6.45, 7) is 6.04. The van der Waals surface area contributed by atoms with E-state index in [1.165, 1.54) is 22.6 Å². The summed E-state index contributed by atoms with van der Waals surface area (Å²) < 4.78 is 7.01. The first kappa shape index (κ1) is 18.2. The molecule has 5 rings (SSSR count). The molecule has 2 aromatic heterocycles. The third-order valence-electron chi connectivity index (χ3n) is 6.01. The zero-order valence-corrected chi connectivity index (χ0v) is 16.6. The van der Waals surface area contributed by atoms with Crippen LogP contribution >= 0.6 is 0 Å². The van der Waals surface area contributed by atoms with Crippen molar-refractivity contribution in [2.45, 2.75) is 32.3 Å². The summed E-state index contributed by atoms with van der Waals surface area (Å²) >= 11 is 0. The molecule has 0 fully saturated rings. The van der Waals surface area contributed by atoms with E-state index in [4.69, 9.17) is 9.72 Å². The van der Waals surface area contributed by atoms with Crippen LogP contribution in [0.3, 0.4) is 0 Å². The van der Waals surface area contributed by atoms with Crippen molar-refractivity contribution >= 4 is 10.9 Å². The molecule has 0 saturated heterocycles. The summed E-state index contributed by atoms with van der Waals surface area (Å²) in [7, 11) is 3.66. The largest absolute Gasteiger partial charge is 0.384 e. The fraction of sp³-hybridized carbons (Fsp3) is 0.304. The average molecular weight is 389 g/mol. The van der Waals surface area contributed by atoms with Crippen molar-refractivity contribution in [2.75, 3.05) is 14.2 Å². The Morgan fingerprint density at radius 3 is 2.90 bits per heavy atom. The molecule has 0 radical (unpaired) electrons. The number of pyridine rings is 2. The third kappa shape index (κ3) is 2.60. The van der Waals surface area contributed by atoms with Crippen LogP contribution in [0.4, 0.5) is 0 Å². The molecule has 1 atom stereocenters. The number of hydrogen-bond acceptors (Lipinski definition) is 5. The second-order valence-corrected chi connectivity index (χ2v) is 7.87. The SMILES string of the molecule is C=CC(O)c1cc2n(c(=O)c1COC)Cc1c-2nc2cccc3c2c1CN(C)C3. The summed E-state index contributed by atoms with van der Waals surface area (Å²) in [6.07, 6.45) is 0.499. The van der Waals surface area contributed by atoms with Crippen molar-refractivity contribution in [3.8, 4) is 11.4 Å². The van der Waals surface area contributed by atoms with E-state index in [0.717, 1.165) is 35.6 Å². The molecule has 0 amide bonds. The highest BCUT2D eigenvalue weighted by Crippen LogP contribution is 2.40. The number of fused-ring (bicyclic) bond motifs is 4. The number of methoxy groups -OCH3 is 1. The number of ether oxygens (including phenoxy) is 1. The molecule has 1 unspecified atom stereocenters. The van der Waals surface area contributed by atoms with Crippen molar-refractivity contribution in [1.82, 2.24) is 14.5 Å². The molecular weight excluding hydrogens is 366 g/mol. The maximum Gasteiger partial charge on any atom is 0.257 e. The van der Waals surface area contributed by atoms with E-state index >= 15 is 0 Å². The zero-order chi connectivity index (χ0) is 20.3. The summed E-state index contributed by atoms with van der Waals surface area (Å²) in [5, 5.41) is 11.7. The molecule has 29 heavy (non-hydrogen) atoms. The smallest absolute Gasteiger partial charge is 0.257 e. The normalized spacial score (nSPS) is 16.0. The number of aromatic nitrogens is 2. The summed E-state index contributed by atoms with van der Waals surface area (Å²) in [4.78, 5) is 20.5. The lowest BCUT2D eigenvalue weighted by Crippen LogP contribution is -2.26. The minimum absolute atomic E-state index is 0.140. The van der Waals surface area contributed by atoms with Gasteiger partial charge in [-0.25, -0.2) is 4.98 Å². The van der Waals surface area contributed by atoms with Gasteiger partial charge >= 0.3 is 0 Å². The molecule has 0 bridgehead atoms. The molecule has 3 aromatic rings. The molecule has 0 spiro atoms. The van der Waals surface area contributed by atoms with Gasteiger partial charge in [0.15, 0.2) is 0 Å². The Morgan fingerprint density at radius 1 is 1.31 bits per heavy atom. The van der Waals surface area contributed by atoms with Crippen LogP contribution in [0.25, 0.3) is 22.3 Å². The van der Waals surface area contributed by atoms with Gasteiger partial charge in [0, 0.05) is 36.7 Å².